The fourth-order valence-corrected chi connectivity index (χ4v) is 3.36. The number of hydrogen-bond acceptors (Lipinski definition) is 3. The van der Waals surface area contributed by atoms with Gasteiger partial charge in [-0.3, -0.25) is 9.69 Å². The molecule has 0 spiro atoms. The second-order valence-corrected chi connectivity index (χ2v) is 6.63. The molecule has 1 aromatic carbocycles. The topological polar surface area (TPSA) is 45.5 Å². The van der Waals surface area contributed by atoms with Gasteiger partial charge in [0.15, 0.2) is 5.75 Å². The molecule has 1 aliphatic heterocycles. The van der Waals surface area contributed by atoms with Crippen molar-refractivity contribution in [1.82, 2.24) is 9.47 Å². The van der Waals surface area contributed by atoms with Crippen molar-refractivity contribution < 1.29 is 5.11 Å². The van der Waals surface area contributed by atoms with Crippen LogP contribution in [0.1, 0.15) is 36.9 Å². The van der Waals surface area contributed by atoms with Crippen LogP contribution in [0, 0.1) is 0 Å². The Kier molecular flexibility index (Phi) is 5.70. The van der Waals surface area contributed by atoms with Crippen LogP contribution in [0.15, 0.2) is 47.4 Å². The molecule has 4 heteroatoms. The monoisotopic (exact) mass is 326 g/mol. The van der Waals surface area contributed by atoms with Crippen molar-refractivity contribution in [3.63, 3.8) is 0 Å². The summed E-state index contributed by atoms with van der Waals surface area (Å²) < 4.78 is 2.04. The molecule has 0 saturated carbocycles. The second-order valence-electron chi connectivity index (χ2n) is 6.63. The van der Waals surface area contributed by atoms with Gasteiger partial charge < -0.3 is 9.67 Å². The summed E-state index contributed by atoms with van der Waals surface area (Å²) >= 11 is 0. The summed E-state index contributed by atoms with van der Waals surface area (Å²) in [5, 5.41) is 9.83. The first-order chi connectivity index (χ1) is 11.7. The highest BCUT2D eigenvalue weighted by atomic mass is 16.3. The normalized spacial score (nSPS) is 16.0. The predicted octanol–water partition coefficient (Wildman–Crippen LogP) is 3.17. The zero-order chi connectivity index (χ0) is 16.8. The smallest absolute Gasteiger partial charge is 0.223 e. The molecule has 2 heterocycles. The van der Waals surface area contributed by atoms with Crippen molar-refractivity contribution in [1.29, 1.82) is 0 Å². The van der Waals surface area contributed by atoms with Crippen LogP contribution in [0.5, 0.6) is 5.75 Å². The molecular weight excluding hydrogens is 300 g/mol. The van der Waals surface area contributed by atoms with Gasteiger partial charge in [-0.1, -0.05) is 43.2 Å². The highest BCUT2D eigenvalue weighted by Crippen LogP contribution is 2.15. The second kappa shape index (κ2) is 8.15. The van der Waals surface area contributed by atoms with Gasteiger partial charge in [-0.05, 0) is 37.9 Å². The molecule has 1 aliphatic rings. The third kappa shape index (κ3) is 4.48. The van der Waals surface area contributed by atoms with E-state index in [9.17, 15) is 9.90 Å². The van der Waals surface area contributed by atoms with Gasteiger partial charge in [-0.15, -0.1) is 0 Å². The molecule has 0 aliphatic carbocycles. The van der Waals surface area contributed by atoms with E-state index in [4.69, 9.17) is 0 Å². The van der Waals surface area contributed by atoms with Crippen molar-refractivity contribution in [3.8, 4) is 5.75 Å². The fourth-order valence-electron chi connectivity index (χ4n) is 3.36. The molecule has 4 nitrogen and oxygen atoms in total. The summed E-state index contributed by atoms with van der Waals surface area (Å²) in [5.41, 5.74) is 1.97. The SMILES string of the molecule is O=c1cc(CN2CCCCCC2)n(CCc2ccccc2)cc1O. The summed E-state index contributed by atoms with van der Waals surface area (Å²) in [6, 6.07) is 11.9. The van der Waals surface area contributed by atoms with Gasteiger partial charge in [-0.2, -0.15) is 0 Å². The lowest BCUT2D eigenvalue weighted by Crippen LogP contribution is -2.27. The maximum absolute atomic E-state index is 11.9. The lowest BCUT2D eigenvalue weighted by molar-refractivity contribution is 0.268. The minimum absolute atomic E-state index is 0.164. The molecule has 0 unspecified atom stereocenters. The number of hydrogen-bond donors (Lipinski definition) is 1. The third-order valence-corrected chi connectivity index (χ3v) is 4.77. The van der Waals surface area contributed by atoms with E-state index in [1.165, 1.54) is 31.2 Å². The zero-order valence-corrected chi connectivity index (χ0v) is 14.2. The molecular formula is C20H26N2O2. The standard InChI is InChI=1S/C20H26N2O2/c23-19-14-18(15-21-11-6-1-2-7-12-21)22(16-20(19)24)13-10-17-8-4-3-5-9-17/h3-5,8-9,14,16,24H,1-2,6-7,10-13,15H2. The third-order valence-electron chi connectivity index (χ3n) is 4.77. The predicted molar refractivity (Wildman–Crippen MR) is 96.3 cm³/mol. The Hall–Kier alpha value is -2.07. The summed E-state index contributed by atoms with van der Waals surface area (Å²) in [4.78, 5) is 14.3. The van der Waals surface area contributed by atoms with E-state index in [1.54, 1.807) is 12.3 Å². The van der Waals surface area contributed by atoms with Crippen molar-refractivity contribution >= 4 is 0 Å². The van der Waals surface area contributed by atoms with Crippen LogP contribution in [0.2, 0.25) is 0 Å². The molecule has 128 valence electrons. The van der Waals surface area contributed by atoms with Gasteiger partial charge in [0, 0.05) is 24.8 Å². The molecule has 1 saturated heterocycles. The minimum atomic E-state index is -0.282. The minimum Gasteiger partial charge on any atom is -0.503 e. The number of aromatic hydroxyl groups is 1. The van der Waals surface area contributed by atoms with Crippen molar-refractivity contribution in [2.45, 2.75) is 45.2 Å². The van der Waals surface area contributed by atoms with E-state index in [0.717, 1.165) is 38.3 Å². The Labute approximate surface area is 143 Å². The van der Waals surface area contributed by atoms with Gasteiger partial charge in [-0.25, -0.2) is 0 Å². The first-order valence-corrected chi connectivity index (χ1v) is 8.91. The number of benzene rings is 1. The number of nitrogens with zero attached hydrogens (tertiary/aromatic N) is 2. The fraction of sp³-hybridized carbons (Fsp3) is 0.450. The van der Waals surface area contributed by atoms with Gasteiger partial charge in [0.05, 0.1) is 6.20 Å². The maximum atomic E-state index is 11.9. The van der Waals surface area contributed by atoms with Gasteiger partial charge >= 0.3 is 0 Å². The Morgan fingerprint density at radius 2 is 1.71 bits per heavy atom. The average Bonchev–Trinajstić information content (AvgIpc) is 2.86. The Morgan fingerprint density at radius 3 is 2.42 bits per heavy atom. The van der Waals surface area contributed by atoms with Crippen molar-refractivity contribution in [2.75, 3.05) is 13.1 Å². The first-order valence-electron chi connectivity index (χ1n) is 8.91. The summed E-state index contributed by atoms with van der Waals surface area (Å²) in [6.45, 7) is 3.73. The number of aryl methyl sites for hydroxylation is 2. The van der Waals surface area contributed by atoms with Crippen molar-refractivity contribution in [3.05, 3.63) is 64.1 Å². The molecule has 1 aromatic heterocycles. The van der Waals surface area contributed by atoms with Gasteiger partial charge in [0.1, 0.15) is 0 Å². The van der Waals surface area contributed by atoms with Crippen LogP contribution in [-0.4, -0.2) is 27.7 Å². The van der Waals surface area contributed by atoms with Gasteiger partial charge in [0.25, 0.3) is 0 Å². The molecule has 1 N–H and O–H groups in total. The number of likely N-dealkylation sites (tertiary alicyclic amines) is 1. The number of rotatable bonds is 5. The average molecular weight is 326 g/mol. The van der Waals surface area contributed by atoms with Crippen LogP contribution in [0.3, 0.4) is 0 Å². The van der Waals surface area contributed by atoms with E-state index in [-0.39, 0.29) is 11.2 Å². The molecule has 3 rings (SSSR count). The van der Waals surface area contributed by atoms with Crippen LogP contribution in [0.4, 0.5) is 0 Å². The van der Waals surface area contributed by atoms with Gasteiger partial charge in [0.2, 0.25) is 5.43 Å². The Balaban J connectivity index is 1.76. The Bertz CT molecular complexity index is 701. The lowest BCUT2D eigenvalue weighted by atomic mass is 10.1. The summed E-state index contributed by atoms with van der Waals surface area (Å²) in [6.07, 6.45) is 7.53. The first kappa shape index (κ1) is 16.8. The van der Waals surface area contributed by atoms with Crippen LogP contribution >= 0.6 is 0 Å². The maximum Gasteiger partial charge on any atom is 0.223 e. The quantitative estimate of drug-likeness (QED) is 0.918. The van der Waals surface area contributed by atoms with E-state index in [2.05, 4.69) is 17.0 Å². The van der Waals surface area contributed by atoms with Crippen LogP contribution in [-0.2, 0) is 19.5 Å². The molecule has 24 heavy (non-hydrogen) atoms. The highest BCUT2D eigenvalue weighted by molar-refractivity contribution is 5.21. The van der Waals surface area contributed by atoms with Crippen LogP contribution < -0.4 is 5.43 Å². The molecule has 1 fully saturated rings. The molecule has 0 radical (unpaired) electrons. The summed E-state index contributed by atoms with van der Waals surface area (Å²) in [5.74, 6) is -0.164. The Morgan fingerprint density at radius 1 is 1.00 bits per heavy atom. The molecule has 0 bridgehead atoms. The van der Waals surface area contributed by atoms with Crippen molar-refractivity contribution in [2.24, 2.45) is 0 Å². The lowest BCUT2D eigenvalue weighted by Gasteiger charge is -2.22. The largest absolute Gasteiger partial charge is 0.503 e. The highest BCUT2D eigenvalue weighted by Gasteiger charge is 2.13. The molecule has 0 atom stereocenters. The number of pyridine rings is 1. The number of aromatic nitrogens is 1. The van der Waals surface area contributed by atoms with E-state index < -0.39 is 0 Å². The van der Waals surface area contributed by atoms with E-state index in [1.807, 2.05) is 22.8 Å². The zero-order valence-electron chi connectivity index (χ0n) is 14.2. The summed E-state index contributed by atoms with van der Waals surface area (Å²) in [7, 11) is 0. The van der Waals surface area contributed by atoms with E-state index >= 15 is 0 Å². The molecule has 0 amide bonds. The van der Waals surface area contributed by atoms with Crippen LogP contribution in [0.25, 0.3) is 0 Å². The molecule has 2 aromatic rings. The van der Waals surface area contributed by atoms with E-state index in [0.29, 0.717) is 0 Å².